The van der Waals surface area contributed by atoms with Gasteiger partial charge in [-0.25, -0.2) is 0 Å². The minimum Gasteiger partial charge on any atom is -0.391 e. The fraction of sp³-hybridized carbons (Fsp3) is 0.500. The monoisotopic (exact) mass is 466 g/mol. The maximum atomic E-state index is 14.1. The number of amidine groups is 1. The number of amides is 1. The Balaban J connectivity index is 1.64. The lowest BCUT2D eigenvalue weighted by atomic mass is 9.91. The molecule has 178 valence electrons. The Morgan fingerprint density at radius 3 is 2.58 bits per heavy atom. The van der Waals surface area contributed by atoms with Crippen LogP contribution in [0.15, 0.2) is 46.1 Å². The average molecular weight is 466 g/mol. The predicted molar refractivity (Wildman–Crippen MR) is 111 cm³/mol. The molecular formula is C22H25F3N4O4. The molecule has 1 aromatic carbocycles. The molecule has 2 N–H and O–H groups in total. The highest BCUT2D eigenvalue weighted by Gasteiger charge is 2.64. The number of nitrogens with one attached hydrogen (secondary N) is 1. The van der Waals surface area contributed by atoms with Crippen molar-refractivity contribution < 1.29 is 32.4 Å². The topological polar surface area (TPSA) is 100 Å². The summed E-state index contributed by atoms with van der Waals surface area (Å²) in [6.07, 6.45) is -5.75. The fourth-order valence-corrected chi connectivity index (χ4v) is 4.33. The highest BCUT2D eigenvalue weighted by Crippen LogP contribution is 2.43. The smallest absolute Gasteiger partial charge is 0.391 e. The quantitative estimate of drug-likeness (QED) is 0.703. The van der Waals surface area contributed by atoms with Gasteiger partial charge in [-0.2, -0.15) is 13.2 Å². The molecular weight excluding hydrogens is 441 g/mol. The molecule has 8 nitrogen and oxygen atoms in total. The van der Waals surface area contributed by atoms with Gasteiger partial charge in [0.25, 0.3) is 0 Å². The largest absolute Gasteiger partial charge is 0.456 e. The minimum atomic E-state index is -4.84. The molecule has 0 bridgehead atoms. The van der Waals surface area contributed by atoms with Crippen molar-refractivity contribution >= 4 is 11.7 Å². The van der Waals surface area contributed by atoms with E-state index in [0.717, 1.165) is 0 Å². The number of alkyl halides is 3. The number of carbonyl (C=O) groups excluding carboxylic acids is 1. The molecule has 1 saturated heterocycles. The number of likely N-dealkylation sites (tertiary alicyclic amines) is 1. The summed E-state index contributed by atoms with van der Waals surface area (Å²) in [5, 5.41) is 20.2. The van der Waals surface area contributed by atoms with Gasteiger partial charge in [0.1, 0.15) is 11.7 Å². The SMILES string of the molecule is Cc1cc(C(C(=O)N2CC(O)CC2C2=NOC(c3ccccc3)(C(F)(F)F)N2)C(C)C)on1. The number of aromatic nitrogens is 1. The highest BCUT2D eigenvalue weighted by molar-refractivity contribution is 5.94. The van der Waals surface area contributed by atoms with Crippen LogP contribution in [0.1, 0.15) is 43.2 Å². The van der Waals surface area contributed by atoms with Crippen LogP contribution >= 0.6 is 0 Å². The zero-order valence-electron chi connectivity index (χ0n) is 18.3. The summed E-state index contributed by atoms with van der Waals surface area (Å²) in [6, 6.07) is 7.82. The molecule has 2 aromatic rings. The summed E-state index contributed by atoms with van der Waals surface area (Å²) in [5.74, 6) is -1.10. The number of β-amino-alcohol motifs (C(OH)–C–C–N with tert-alkyl or cyclic N) is 1. The number of benzene rings is 1. The summed E-state index contributed by atoms with van der Waals surface area (Å²) in [4.78, 5) is 19.8. The van der Waals surface area contributed by atoms with Gasteiger partial charge in [-0.05, 0) is 12.8 Å². The first-order valence-electron chi connectivity index (χ1n) is 10.6. The van der Waals surface area contributed by atoms with E-state index in [1.165, 1.54) is 29.2 Å². The van der Waals surface area contributed by atoms with Gasteiger partial charge in [0, 0.05) is 24.6 Å². The van der Waals surface area contributed by atoms with E-state index in [9.17, 15) is 23.1 Å². The molecule has 4 atom stereocenters. The number of oxime groups is 1. The lowest BCUT2D eigenvalue weighted by molar-refractivity contribution is -0.284. The summed E-state index contributed by atoms with van der Waals surface area (Å²) >= 11 is 0. The Morgan fingerprint density at radius 2 is 2.00 bits per heavy atom. The maximum absolute atomic E-state index is 14.1. The minimum absolute atomic E-state index is 0.0178. The van der Waals surface area contributed by atoms with Crippen LogP contribution in [-0.4, -0.2) is 51.8 Å². The van der Waals surface area contributed by atoms with Crippen molar-refractivity contribution in [2.45, 2.75) is 57.2 Å². The number of carbonyl (C=O) groups is 1. The summed E-state index contributed by atoms with van der Waals surface area (Å²) in [7, 11) is 0. The number of aliphatic hydroxyl groups is 1. The van der Waals surface area contributed by atoms with Crippen molar-refractivity contribution in [2.24, 2.45) is 11.1 Å². The van der Waals surface area contributed by atoms with Crippen LogP contribution in [0.3, 0.4) is 0 Å². The second-order valence-electron chi connectivity index (χ2n) is 8.73. The van der Waals surface area contributed by atoms with E-state index < -0.39 is 35.9 Å². The first kappa shape index (κ1) is 23.1. The van der Waals surface area contributed by atoms with Crippen molar-refractivity contribution in [1.29, 1.82) is 0 Å². The standard InChI is InChI=1S/C22H25F3N4O4/c1-12(2)18(17-9-13(3)27-32-17)20(31)29-11-15(30)10-16(29)19-26-21(33-28-19,22(23,24)25)14-7-5-4-6-8-14/h4-9,12,15-16,18,30H,10-11H2,1-3H3,(H,26,28). The zero-order chi connectivity index (χ0) is 24.0. The van der Waals surface area contributed by atoms with Gasteiger partial charge >= 0.3 is 11.9 Å². The normalized spacial score (nSPS) is 26.2. The lowest BCUT2D eigenvalue weighted by Gasteiger charge is -2.32. The van der Waals surface area contributed by atoms with Gasteiger partial charge in [-0.15, -0.1) is 0 Å². The van der Waals surface area contributed by atoms with Crippen molar-refractivity contribution in [3.8, 4) is 0 Å². The molecule has 4 rings (SSSR count). The van der Waals surface area contributed by atoms with E-state index in [4.69, 9.17) is 9.36 Å². The van der Waals surface area contributed by atoms with E-state index in [-0.39, 0.29) is 30.3 Å². The number of aliphatic hydroxyl groups excluding tert-OH is 1. The summed E-state index contributed by atoms with van der Waals surface area (Å²) in [6.45, 7) is 5.35. The molecule has 33 heavy (non-hydrogen) atoms. The molecule has 1 aromatic heterocycles. The number of rotatable bonds is 5. The van der Waals surface area contributed by atoms with E-state index in [1.54, 1.807) is 19.1 Å². The second kappa shape index (κ2) is 8.36. The Bertz CT molecular complexity index is 1040. The molecule has 11 heteroatoms. The predicted octanol–water partition coefficient (Wildman–Crippen LogP) is 3.03. The van der Waals surface area contributed by atoms with Crippen LogP contribution in [-0.2, 0) is 15.4 Å². The third-order valence-corrected chi connectivity index (χ3v) is 5.93. The third-order valence-electron chi connectivity index (χ3n) is 5.93. The van der Waals surface area contributed by atoms with Gasteiger partial charge in [-0.1, -0.05) is 54.5 Å². The Morgan fingerprint density at radius 1 is 1.30 bits per heavy atom. The first-order chi connectivity index (χ1) is 15.5. The number of nitrogens with zero attached hydrogens (tertiary/aromatic N) is 3. The van der Waals surface area contributed by atoms with Crippen LogP contribution in [0, 0.1) is 12.8 Å². The number of hydrogen-bond donors (Lipinski definition) is 2. The van der Waals surface area contributed by atoms with Crippen molar-refractivity contribution in [3.05, 3.63) is 53.4 Å². The highest BCUT2D eigenvalue weighted by atomic mass is 19.4. The Kier molecular flexibility index (Phi) is 5.85. The number of aryl methyl sites for hydroxylation is 1. The molecule has 3 heterocycles. The van der Waals surface area contributed by atoms with Gasteiger partial charge in [-0.3, -0.25) is 4.79 Å². The Labute approximate surface area is 188 Å². The van der Waals surface area contributed by atoms with E-state index >= 15 is 0 Å². The van der Waals surface area contributed by atoms with Crippen LogP contribution < -0.4 is 5.32 Å². The van der Waals surface area contributed by atoms with Gasteiger partial charge in [0.15, 0.2) is 5.84 Å². The molecule has 2 aliphatic heterocycles. The average Bonchev–Trinajstić information content (AvgIpc) is 3.46. The fourth-order valence-electron chi connectivity index (χ4n) is 4.33. The van der Waals surface area contributed by atoms with E-state index in [2.05, 4.69) is 15.6 Å². The maximum Gasteiger partial charge on any atom is 0.456 e. The summed E-state index contributed by atoms with van der Waals surface area (Å²) < 4.78 is 47.7. The number of halogens is 3. The zero-order valence-corrected chi connectivity index (χ0v) is 18.3. The molecule has 1 amide bonds. The molecule has 0 spiro atoms. The van der Waals surface area contributed by atoms with Crippen LogP contribution in [0.2, 0.25) is 0 Å². The first-order valence-corrected chi connectivity index (χ1v) is 10.6. The van der Waals surface area contributed by atoms with Crippen molar-refractivity contribution in [2.75, 3.05) is 6.54 Å². The molecule has 4 unspecified atom stereocenters. The van der Waals surface area contributed by atoms with Crippen molar-refractivity contribution in [1.82, 2.24) is 15.4 Å². The number of hydrogen-bond acceptors (Lipinski definition) is 7. The molecule has 1 fully saturated rings. The molecule has 0 radical (unpaired) electrons. The van der Waals surface area contributed by atoms with Gasteiger partial charge < -0.3 is 24.7 Å². The Hall–Kier alpha value is -3.08. The molecule has 0 saturated carbocycles. The molecule has 0 aliphatic carbocycles. The van der Waals surface area contributed by atoms with E-state index in [0.29, 0.717) is 11.5 Å². The second-order valence-corrected chi connectivity index (χ2v) is 8.73. The van der Waals surface area contributed by atoms with Crippen LogP contribution in [0.5, 0.6) is 0 Å². The summed E-state index contributed by atoms with van der Waals surface area (Å²) in [5.41, 5.74) is -2.45. The van der Waals surface area contributed by atoms with E-state index in [1.807, 2.05) is 13.8 Å². The van der Waals surface area contributed by atoms with Gasteiger partial charge in [0.05, 0.1) is 17.8 Å². The molecule has 2 aliphatic rings. The van der Waals surface area contributed by atoms with Crippen LogP contribution in [0.4, 0.5) is 13.2 Å². The van der Waals surface area contributed by atoms with Crippen molar-refractivity contribution in [3.63, 3.8) is 0 Å². The van der Waals surface area contributed by atoms with Gasteiger partial charge in [0.2, 0.25) is 5.91 Å². The lowest BCUT2D eigenvalue weighted by Crippen LogP contribution is -2.57. The van der Waals surface area contributed by atoms with Crippen LogP contribution in [0.25, 0.3) is 0 Å². The third kappa shape index (κ3) is 4.05.